The van der Waals surface area contributed by atoms with Crippen LogP contribution in [0.5, 0.6) is 0 Å². The Morgan fingerprint density at radius 2 is 2.00 bits per heavy atom. The highest BCUT2D eigenvalue weighted by molar-refractivity contribution is 5.24. The molecule has 0 fully saturated rings. The summed E-state index contributed by atoms with van der Waals surface area (Å²) in [6.45, 7) is 7.59. The van der Waals surface area contributed by atoms with E-state index in [0.29, 0.717) is 6.54 Å². The Hall–Kier alpha value is -0.860. The van der Waals surface area contributed by atoms with Crippen LogP contribution in [0.2, 0.25) is 0 Å². The van der Waals surface area contributed by atoms with Gasteiger partial charge in [0.1, 0.15) is 0 Å². The monoisotopic (exact) mass is 177 g/mol. The van der Waals surface area contributed by atoms with Crippen LogP contribution in [0, 0.1) is 6.92 Å². The number of hydrogen-bond donors (Lipinski definition) is 2. The maximum atomic E-state index is 5.42. The van der Waals surface area contributed by atoms with Crippen LogP contribution in [0.25, 0.3) is 0 Å². The van der Waals surface area contributed by atoms with Crippen LogP contribution in [0.4, 0.5) is 0 Å². The highest BCUT2D eigenvalue weighted by atomic mass is 15.0. The largest absolute Gasteiger partial charge is 0.329 e. The van der Waals surface area contributed by atoms with Crippen molar-refractivity contribution in [1.82, 2.24) is 5.32 Å². The van der Waals surface area contributed by atoms with E-state index in [4.69, 9.17) is 5.73 Å². The first-order valence-corrected chi connectivity index (χ1v) is 4.53. The predicted molar refractivity (Wildman–Crippen MR) is 56.2 cm³/mol. The van der Waals surface area contributed by atoms with Gasteiger partial charge in [-0.25, -0.2) is 0 Å². The van der Waals surface area contributed by atoms with E-state index in [9.17, 15) is 0 Å². The average molecular weight is 177 g/mol. The predicted octanol–water partition coefficient (Wildman–Crippen LogP) is 1.28. The van der Waals surface area contributed by atoms with E-state index in [2.05, 4.69) is 31.3 Å². The Balaban J connectivity index is 2.69. The first-order valence-electron chi connectivity index (χ1n) is 4.53. The number of hydrogen-bond acceptors (Lipinski definition) is 2. The summed E-state index contributed by atoms with van der Waals surface area (Å²) in [4.78, 5) is 0. The molecule has 1 aromatic carbocycles. The fourth-order valence-electron chi connectivity index (χ4n) is 1.26. The van der Waals surface area contributed by atoms with Crippen molar-refractivity contribution in [3.63, 3.8) is 0 Å². The second-order valence-electron chi connectivity index (χ2n) is 3.41. The summed E-state index contributed by atoms with van der Waals surface area (Å²) in [7, 11) is 0. The molecule has 1 rings (SSSR count). The van der Waals surface area contributed by atoms with Gasteiger partial charge >= 0.3 is 0 Å². The molecular weight excluding hydrogens is 160 g/mol. The van der Waals surface area contributed by atoms with Crippen molar-refractivity contribution in [2.75, 3.05) is 13.1 Å². The van der Waals surface area contributed by atoms with Crippen molar-refractivity contribution in [3.05, 3.63) is 42.8 Å². The zero-order valence-electron chi connectivity index (χ0n) is 8.09. The molecule has 0 aliphatic carbocycles. The molecule has 0 heterocycles. The van der Waals surface area contributed by atoms with Gasteiger partial charge in [0, 0.05) is 18.6 Å². The molecular formula is C11H17N2. The van der Waals surface area contributed by atoms with E-state index >= 15 is 0 Å². The van der Waals surface area contributed by atoms with Crippen LogP contribution in [0.15, 0.2) is 30.3 Å². The van der Waals surface area contributed by atoms with Crippen molar-refractivity contribution in [2.45, 2.75) is 12.5 Å². The summed E-state index contributed by atoms with van der Waals surface area (Å²) in [5.74, 6) is 0. The maximum absolute atomic E-state index is 5.42. The molecule has 0 aliphatic rings. The lowest BCUT2D eigenvalue weighted by Gasteiger charge is -2.26. The average Bonchev–Trinajstić information content (AvgIpc) is 2.16. The van der Waals surface area contributed by atoms with Crippen LogP contribution in [-0.2, 0) is 5.54 Å². The van der Waals surface area contributed by atoms with Gasteiger partial charge in [0.05, 0.1) is 0 Å². The standard InChI is InChI=1S/C11H17N2/c1-11(2,13-9-8-12)10-6-4-3-5-7-10/h3-7,13H,1,8-9,12H2,2H3. The van der Waals surface area contributed by atoms with E-state index in [1.807, 2.05) is 18.2 Å². The van der Waals surface area contributed by atoms with Gasteiger partial charge in [-0.15, -0.1) is 0 Å². The Kier molecular flexibility index (Phi) is 3.46. The summed E-state index contributed by atoms with van der Waals surface area (Å²) in [6, 6.07) is 10.2. The quantitative estimate of drug-likeness (QED) is 0.727. The molecule has 1 aromatic rings. The molecule has 2 heteroatoms. The SMILES string of the molecule is [CH2]C(C)(NCCN)c1ccccc1. The minimum absolute atomic E-state index is 0.235. The number of rotatable bonds is 4. The van der Waals surface area contributed by atoms with E-state index in [-0.39, 0.29) is 5.54 Å². The third-order valence-corrected chi connectivity index (χ3v) is 2.07. The highest BCUT2D eigenvalue weighted by Crippen LogP contribution is 2.17. The summed E-state index contributed by atoms with van der Waals surface area (Å²) in [5.41, 5.74) is 6.37. The van der Waals surface area contributed by atoms with Crippen LogP contribution < -0.4 is 11.1 Å². The van der Waals surface area contributed by atoms with Crippen molar-refractivity contribution < 1.29 is 0 Å². The van der Waals surface area contributed by atoms with Crippen LogP contribution in [0.3, 0.4) is 0 Å². The van der Waals surface area contributed by atoms with E-state index in [1.54, 1.807) is 0 Å². The van der Waals surface area contributed by atoms with Gasteiger partial charge in [0.25, 0.3) is 0 Å². The molecule has 0 aromatic heterocycles. The first-order chi connectivity index (χ1) is 6.17. The van der Waals surface area contributed by atoms with Gasteiger partial charge in [-0.1, -0.05) is 30.3 Å². The number of nitrogens with two attached hydrogens (primary N) is 1. The Labute approximate surface area is 80.1 Å². The molecule has 0 aliphatic heterocycles. The minimum atomic E-state index is -0.235. The lowest BCUT2D eigenvalue weighted by atomic mass is 9.94. The van der Waals surface area contributed by atoms with Gasteiger partial charge in [-0.3, -0.25) is 0 Å². The van der Waals surface area contributed by atoms with Gasteiger partial charge in [-0.05, 0) is 19.4 Å². The third kappa shape index (κ3) is 2.83. The molecule has 0 saturated heterocycles. The van der Waals surface area contributed by atoms with Crippen LogP contribution in [0.1, 0.15) is 12.5 Å². The van der Waals surface area contributed by atoms with E-state index in [1.165, 1.54) is 5.56 Å². The molecule has 0 spiro atoms. The fourth-order valence-corrected chi connectivity index (χ4v) is 1.26. The van der Waals surface area contributed by atoms with Crippen molar-refractivity contribution in [3.8, 4) is 0 Å². The molecule has 71 valence electrons. The van der Waals surface area contributed by atoms with Crippen molar-refractivity contribution in [2.24, 2.45) is 5.73 Å². The Morgan fingerprint density at radius 1 is 1.38 bits per heavy atom. The van der Waals surface area contributed by atoms with E-state index < -0.39 is 0 Å². The lowest BCUT2D eigenvalue weighted by molar-refractivity contribution is 0.457. The highest BCUT2D eigenvalue weighted by Gasteiger charge is 2.18. The molecule has 1 radical (unpaired) electrons. The second-order valence-corrected chi connectivity index (χ2v) is 3.41. The summed E-state index contributed by atoms with van der Waals surface area (Å²) in [6.07, 6.45) is 0. The molecule has 1 atom stereocenters. The number of nitrogens with one attached hydrogen (secondary N) is 1. The van der Waals surface area contributed by atoms with Crippen molar-refractivity contribution in [1.29, 1.82) is 0 Å². The van der Waals surface area contributed by atoms with Gasteiger partial charge in [0.2, 0.25) is 0 Å². The molecule has 1 unspecified atom stereocenters. The second kappa shape index (κ2) is 4.40. The van der Waals surface area contributed by atoms with Crippen LogP contribution in [-0.4, -0.2) is 13.1 Å². The van der Waals surface area contributed by atoms with Gasteiger partial charge < -0.3 is 11.1 Å². The summed E-state index contributed by atoms with van der Waals surface area (Å²) < 4.78 is 0. The minimum Gasteiger partial charge on any atom is -0.329 e. The third-order valence-electron chi connectivity index (χ3n) is 2.07. The molecule has 0 saturated carbocycles. The summed E-state index contributed by atoms with van der Waals surface area (Å²) in [5, 5.41) is 3.29. The molecule has 3 N–H and O–H groups in total. The van der Waals surface area contributed by atoms with Gasteiger partial charge in [0.15, 0.2) is 0 Å². The first kappa shape index (κ1) is 10.2. The number of benzene rings is 1. The topological polar surface area (TPSA) is 38.0 Å². The zero-order chi connectivity index (χ0) is 9.73. The lowest BCUT2D eigenvalue weighted by Crippen LogP contribution is -2.39. The maximum Gasteiger partial charge on any atom is 0.0407 e. The Bertz CT molecular complexity index is 242. The normalized spacial score (nSPS) is 11.6. The van der Waals surface area contributed by atoms with E-state index in [0.717, 1.165) is 6.54 Å². The summed E-state index contributed by atoms with van der Waals surface area (Å²) >= 11 is 0. The fraction of sp³-hybridized carbons (Fsp3) is 0.364. The van der Waals surface area contributed by atoms with Crippen molar-refractivity contribution >= 4 is 0 Å². The molecule has 0 bridgehead atoms. The van der Waals surface area contributed by atoms with Crippen LogP contribution >= 0.6 is 0 Å². The zero-order valence-corrected chi connectivity index (χ0v) is 8.09. The van der Waals surface area contributed by atoms with Gasteiger partial charge in [-0.2, -0.15) is 0 Å². The smallest absolute Gasteiger partial charge is 0.0407 e. The molecule has 2 nitrogen and oxygen atoms in total. The molecule has 0 amide bonds. The Morgan fingerprint density at radius 3 is 2.54 bits per heavy atom. The molecule has 13 heavy (non-hydrogen) atoms.